The van der Waals surface area contributed by atoms with Crippen molar-refractivity contribution in [3.63, 3.8) is 0 Å². The summed E-state index contributed by atoms with van der Waals surface area (Å²) < 4.78 is 11.2. The van der Waals surface area contributed by atoms with Crippen LogP contribution in [0.5, 0.6) is 17.4 Å². The van der Waals surface area contributed by atoms with E-state index in [4.69, 9.17) is 9.47 Å². The molecule has 0 unspecified atom stereocenters. The average Bonchev–Trinajstić information content (AvgIpc) is 2.44. The van der Waals surface area contributed by atoms with Gasteiger partial charge >= 0.3 is 5.69 Å². The quantitative estimate of drug-likeness (QED) is 0.625. The fourth-order valence-corrected chi connectivity index (χ4v) is 1.86. The Morgan fingerprint density at radius 1 is 1.35 bits per heavy atom. The van der Waals surface area contributed by atoms with Gasteiger partial charge in [-0.15, -0.1) is 0 Å². The first-order chi connectivity index (χ1) is 9.52. The summed E-state index contributed by atoms with van der Waals surface area (Å²) in [6.45, 7) is 1.88. The third-order valence-electron chi connectivity index (χ3n) is 2.62. The number of aromatic nitrogens is 1. The third-order valence-corrected chi connectivity index (χ3v) is 3.58. The van der Waals surface area contributed by atoms with E-state index in [2.05, 4.69) is 20.9 Å². The average molecular weight is 339 g/mol. The number of hydrogen-bond acceptors (Lipinski definition) is 5. The first kappa shape index (κ1) is 14.3. The molecule has 0 aliphatic carbocycles. The van der Waals surface area contributed by atoms with E-state index >= 15 is 0 Å². The second kappa shape index (κ2) is 5.87. The van der Waals surface area contributed by atoms with E-state index in [9.17, 15) is 10.1 Å². The van der Waals surface area contributed by atoms with Gasteiger partial charge in [0.25, 0.3) is 0 Å². The van der Waals surface area contributed by atoms with E-state index in [0.717, 1.165) is 5.56 Å². The Labute approximate surface area is 123 Å². The van der Waals surface area contributed by atoms with Crippen molar-refractivity contribution in [2.24, 2.45) is 0 Å². The van der Waals surface area contributed by atoms with E-state index in [1.54, 1.807) is 18.3 Å². The lowest BCUT2D eigenvalue weighted by Gasteiger charge is -2.09. The van der Waals surface area contributed by atoms with Crippen LogP contribution in [0.3, 0.4) is 0 Å². The number of nitrogens with zero attached hydrogens (tertiary/aromatic N) is 2. The van der Waals surface area contributed by atoms with Gasteiger partial charge in [-0.05, 0) is 46.6 Å². The van der Waals surface area contributed by atoms with Gasteiger partial charge in [-0.25, -0.2) is 4.98 Å². The third kappa shape index (κ3) is 2.88. The van der Waals surface area contributed by atoms with Crippen molar-refractivity contribution >= 4 is 21.6 Å². The monoisotopic (exact) mass is 338 g/mol. The molecule has 1 aromatic carbocycles. The van der Waals surface area contributed by atoms with Crippen molar-refractivity contribution < 1.29 is 14.4 Å². The summed E-state index contributed by atoms with van der Waals surface area (Å²) in [5.41, 5.74) is 0.741. The van der Waals surface area contributed by atoms with Gasteiger partial charge in [0.2, 0.25) is 11.6 Å². The molecule has 0 fully saturated rings. The van der Waals surface area contributed by atoms with Crippen LogP contribution in [0.1, 0.15) is 5.56 Å². The Hall–Kier alpha value is -2.15. The minimum absolute atomic E-state index is 0.106. The summed E-state index contributed by atoms with van der Waals surface area (Å²) in [5, 5.41) is 11.1. The number of aryl methyl sites for hydroxylation is 1. The molecule has 0 bridgehead atoms. The zero-order chi connectivity index (χ0) is 14.7. The van der Waals surface area contributed by atoms with E-state index in [1.807, 2.05) is 6.92 Å². The van der Waals surface area contributed by atoms with Crippen LogP contribution in [-0.2, 0) is 0 Å². The molecule has 0 aliphatic heterocycles. The molecule has 0 saturated carbocycles. The number of nitro benzene ring substituents is 1. The topological polar surface area (TPSA) is 74.5 Å². The molecule has 0 saturated heterocycles. The summed E-state index contributed by atoms with van der Waals surface area (Å²) in [6, 6.07) is 6.18. The number of rotatable bonds is 4. The van der Waals surface area contributed by atoms with Gasteiger partial charge in [0, 0.05) is 6.20 Å². The largest absolute Gasteiger partial charge is 0.496 e. The highest BCUT2D eigenvalue weighted by atomic mass is 79.9. The number of benzene rings is 1. The van der Waals surface area contributed by atoms with Crippen molar-refractivity contribution in [3.8, 4) is 17.4 Å². The molecule has 0 amide bonds. The van der Waals surface area contributed by atoms with Crippen LogP contribution >= 0.6 is 15.9 Å². The fourth-order valence-electron chi connectivity index (χ4n) is 1.54. The van der Waals surface area contributed by atoms with Crippen LogP contribution in [0.25, 0.3) is 0 Å². The minimum atomic E-state index is -0.526. The van der Waals surface area contributed by atoms with Crippen LogP contribution < -0.4 is 9.47 Å². The molecule has 7 heteroatoms. The van der Waals surface area contributed by atoms with Gasteiger partial charge in [-0.3, -0.25) is 10.1 Å². The number of hydrogen-bond donors (Lipinski definition) is 0. The van der Waals surface area contributed by atoms with Gasteiger partial charge in [0.1, 0.15) is 5.75 Å². The Balaban J connectivity index is 2.43. The van der Waals surface area contributed by atoms with E-state index in [-0.39, 0.29) is 17.3 Å². The van der Waals surface area contributed by atoms with Crippen LogP contribution in [-0.4, -0.2) is 17.0 Å². The van der Waals surface area contributed by atoms with E-state index < -0.39 is 4.92 Å². The first-order valence-corrected chi connectivity index (χ1v) is 6.43. The maximum absolute atomic E-state index is 11.1. The second-order valence-corrected chi connectivity index (χ2v) is 4.73. The smallest absolute Gasteiger partial charge is 0.315 e. The molecule has 1 heterocycles. The van der Waals surface area contributed by atoms with Gasteiger partial charge in [-0.2, -0.15) is 0 Å². The normalized spacial score (nSPS) is 10.2. The zero-order valence-electron chi connectivity index (χ0n) is 10.8. The summed E-state index contributed by atoms with van der Waals surface area (Å²) >= 11 is 3.35. The first-order valence-electron chi connectivity index (χ1n) is 5.64. The standard InChI is InChI=1S/C13H11BrN2O4/c1-8-5-6-15-13(12(8)14)20-11-4-3-9(19-2)7-10(11)16(17)18/h3-7H,1-2H3. The molecule has 6 nitrogen and oxygen atoms in total. The Bertz CT molecular complexity index is 661. The predicted octanol–water partition coefficient (Wildman–Crippen LogP) is 3.86. The van der Waals surface area contributed by atoms with Crippen LogP contribution in [0.4, 0.5) is 5.69 Å². The molecular formula is C13H11BrN2O4. The van der Waals surface area contributed by atoms with Crippen LogP contribution in [0.2, 0.25) is 0 Å². The molecule has 0 aliphatic rings. The molecule has 0 atom stereocenters. The minimum Gasteiger partial charge on any atom is -0.496 e. The highest BCUT2D eigenvalue weighted by Gasteiger charge is 2.19. The fraction of sp³-hybridized carbons (Fsp3) is 0.154. The number of halogens is 1. The predicted molar refractivity (Wildman–Crippen MR) is 76.4 cm³/mol. The SMILES string of the molecule is COc1ccc(Oc2nccc(C)c2Br)c([N+](=O)[O-])c1. The number of methoxy groups -OCH3 is 1. The van der Waals surface area contributed by atoms with Gasteiger partial charge < -0.3 is 9.47 Å². The molecular weight excluding hydrogens is 328 g/mol. The molecule has 0 N–H and O–H groups in total. The van der Waals surface area contributed by atoms with Crippen LogP contribution in [0, 0.1) is 17.0 Å². The molecule has 0 spiro atoms. The summed E-state index contributed by atoms with van der Waals surface area (Å²) in [7, 11) is 1.44. The molecule has 20 heavy (non-hydrogen) atoms. The zero-order valence-corrected chi connectivity index (χ0v) is 12.4. The summed E-state index contributed by atoms with van der Waals surface area (Å²) in [6.07, 6.45) is 1.57. The van der Waals surface area contributed by atoms with Gasteiger partial charge in [-0.1, -0.05) is 0 Å². The maximum Gasteiger partial charge on any atom is 0.315 e. The van der Waals surface area contributed by atoms with E-state index in [1.165, 1.54) is 19.2 Å². The second-order valence-electron chi connectivity index (χ2n) is 3.94. The van der Waals surface area contributed by atoms with Crippen molar-refractivity contribution in [1.29, 1.82) is 0 Å². The lowest BCUT2D eigenvalue weighted by molar-refractivity contribution is -0.385. The Kier molecular flexibility index (Phi) is 4.19. The molecule has 2 rings (SSSR count). The number of pyridine rings is 1. The van der Waals surface area contributed by atoms with E-state index in [0.29, 0.717) is 10.2 Å². The molecule has 1 aromatic heterocycles. The van der Waals surface area contributed by atoms with Crippen molar-refractivity contribution in [1.82, 2.24) is 4.98 Å². The lowest BCUT2D eigenvalue weighted by atomic mass is 10.2. The number of ether oxygens (including phenoxy) is 2. The summed E-state index contributed by atoms with van der Waals surface area (Å²) in [4.78, 5) is 14.6. The van der Waals surface area contributed by atoms with Crippen molar-refractivity contribution in [2.75, 3.05) is 7.11 Å². The lowest BCUT2D eigenvalue weighted by Crippen LogP contribution is -1.96. The maximum atomic E-state index is 11.1. The Morgan fingerprint density at radius 2 is 2.10 bits per heavy atom. The van der Waals surface area contributed by atoms with Crippen molar-refractivity contribution in [3.05, 3.63) is 50.6 Å². The highest BCUT2D eigenvalue weighted by Crippen LogP contribution is 2.36. The van der Waals surface area contributed by atoms with Crippen LogP contribution in [0.15, 0.2) is 34.9 Å². The van der Waals surface area contributed by atoms with Gasteiger partial charge in [0.15, 0.2) is 0 Å². The van der Waals surface area contributed by atoms with Crippen molar-refractivity contribution in [2.45, 2.75) is 6.92 Å². The highest BCUT2D eigenvalue weighted by molar-refractivity contribution is 9.10. The Morgan fingerprint density at radius 3 is 2.75 bits per heavy atom. The summed E-state index contributed by atoms with van der Waals surface area (Å²) in [5.74, 6) is 0.771. The molecule has 2 aromatic rings. The number of nitro groups is 1. The van der Waals surface area contributed by atoms with Gasteiger partial charge in [0.05, 0.1) is 22.6 Å². The molecule has 104 valence electrons. The molecule has 0 radical (unpaired) electrons.